The molecule has 0 saturated carbocycles. The fourth-order valence-corrected chi connectivity index (χ4v) is 2.88. The third-order valence-corrected chi connectivity index (χ3v) is 4.25. The quantitative estimate of drug-likeness (QED) is 0.394. The van der Waals surface area contributed by atoms with Gasteiger partial charge in [0.15, 0.2) is 12.4 Å². The Kier molecular flexibility index (Phi) is 3.28. The Morgan fingerprint density at radius 1 is 0.773 bits per heavy atom. The third-order valence-electron chi connectivity index (χ3n) is 3.72. The van der Waals surface area contributed by atoms with Crippen LogP contribution < -0.4 is 9.72 Å². The molecule has 2 aromatic carbocycles. The van der Waals surface area contributed by atoms with Crippen LogP contribution in [-0.4, -0.2) is 0 Å². The van der Waals surface area contributed by atoms with E-state index in [1.54, 1.807) is 0 Å². The van der Waals surface area contributed by atoms with Gasteiger partial charge in [-0.3, -0.25) is 0 Å². The number of benzene rings is 2. The monoisotopic (exact) mass is 349 g/mol. The zero-order chi connectivity index (χ0) is 14.9. The number of anilines is 2. The summed E-state index contributed by atoms with van der Waals surface area (Å²) in [6.45, 7) is 0. The minimum absolute atomic E-state index is 1.08. The lowest BCUT2D eigenvalue weighted by Crippen LogP contribution is -2.19. The molecule has 2 aromatic heterocycles. The van der Waals surface area contributed by atoms with E-state index in [1.165, 1.54) is 16.3 Å². The molecule has 0 spiro atoms. The van der Waals surface area contributed by atoms with Crippen molar-refractivity contribution in [1.29, 1.82) is 0 Å². The summed E-state index contributed by atoms with van der Waals surface area (Å²) in [5.41, 5.74) is 3.36. The Labute approximate surface area is 137 Å². The summed E-state index contributed by atoms with van der Waals surface area (Å²) in [5, 5.41) is 5.90. The third kappa shape index (κ3) is 2.55. The lowest BCUT2D eigenvalue weighted by Gasteiger charge is -2.07. The first kappa shape index (κ1) is 13.3. The highest BCUT2D eigenvalue weighted by molar-refractivity contribution is 9.10. The average Bonchev–Trinajstić information content (AvgIpc) is 2.55. The minimum Gasteiger partial charge on any atom is -0.356 e. The standard InChI is InChI=1S/C19H13BrN2/c20-16-5-8-17(9-6-16)21-18-7-4-14-13-22-10-2-1-3-19(22)12-15(14)11-18/h1-13H/p+1. The van der Waals surface area contributed by atoms with Gasteiger partial charge in [-0.25, -0.2) is 0 Å². The maximum atomic E-state index is 3.46. The zero-order valence-electron chi connectivity index (χ0n) is 11.8. The summed E-state index contributed by atoms with van der Waals surface area (Å²) in [4.78, 5) is 0. The van der Waals surface area contributed by atoms with E-state index in [0.717, 1.165) is 15.8 Å². The molecule has 0 unspecified atom stereocenters. The SMILES string of the molecule is Brc1ccc(Nc2ccc3c[n+]4ccccc4cc3c2)cc1. The Morgan fingerprint density at radius 3 is 2.45 bits per heavy atom. The first-order chi connectivity index (χ1) is 10.8. The number of pyridine rings is 2. The number of nitrogens with one attached hydrogen (secondary N) is 1. The normalized spacial score (nSPS) is 11.0. The van der Waals surface area contributed by atoms with Crippen LogP contribution in [0.5, 0.6) is 0 Å². The molecule has 0 atom stereocenters. The van der Waals surface area contributed by atoms with E-state index in [-0.39, 0.29) is 0 Å². The van der Waals surface area contributed by atoms with E-state index in [0.29, 0.717) is 0 Å². The van der Waals surface area contributed by atoms with Crippen LogP contribution in [0.15, 0.2) is 83.6 Å². The molecule has 2 heterocycles. The Bertz CT molecular complexity index is 962. The lowest BCUT2D eigenvalue weighted by atomic mass is 10.1. The van der Waals surface area contributed by atoms with Crippen molar-refractivity contribution < 1.29 is 4.40 Å². The average molecular weight is 350 g/mol. The van der Waals surface area contributed by atoms with Gasteiger partial charge in [0.25, 0.3) is 0 Å². The highest BCUT2D eigenvalue weighted by Crippen LogP contribution is 2.23. The van der Waals surface area contributed by atoms with E-state index in [4.69, 9.17) is 0 Å². The Balaban J connectivity index is 1.76. The molecule has 0 amide bonds. The Morgan fingerprint density at radius 2 is 1.59 bits per heavy atom. The molecule has 4 rings (SSSR count). The van der Waals surface area contributed by atoms with Crippen molar-refractivity contribution in [3.63, 3.8) is 0 Å². The van der Waals surface area contributed by atoms with Gasteiger partial charge in [-0.1, -0.05) is 15.9 Å². The molecule has 1 N–H and O–H groups in total. The van der Waals surface area contributed by atoms with Gasteiger partial charge in [0, 0.05) is 39.4 Å². The van der Waals surface area contributed by atoms with Gasteiger partial charge in [0.05, 0.1) is 0 Å². The fourth-order valence-electron chi connectivity index (χ4n) is 2.61. The Hall–Kier alpha value is -2.39. The van der Waals surface area contributed by atoms with Gasteiger partial charge in [0.2, 0.25) is 5.52 Å². The van der Waals surface area contributed by atoms with Gasteiger partial charge in [-0.2, -0.15) is 4.40 Å². The lowest BCUT2D eigenvalue weighted by molar-refractivity contribution is -0.510. The molecule has 106 valence electrons. The second kappa shape index (κ2) is 5.43. The smallest absolute Gasteiger partial charge is 0.211 e. The molecule has 0 aliphatic rings. The van der Waals surface area contributed by atoms with Crippen LogP contribution in [0.4, 0.5) is 11.4 Å². The largest absolute Gasteiger partial charge is 0.356 e. The molecule has 0 aliphatic carbocycles. The van der Waals surface area contributed by atoms with Crippen molar-refractivity contribution in [2.24, 2.45) is 0 Å². The summed E-state index contributed by atoms with van der Waals surface area (Å²) in [7, 11) is 0. The molecule has 3 heteroatoms. The van der Waals surface area contributed by atoms with Crippen LogP contribution in [-0.2, 0) is 0 Å². The molecule has 4 aromatic rings. The molecule has 2 nitrogen and oxygen atoms in total. The maximum absolute atomic E-state index is 3.46. The number of rotatable bonds is 2. The highest BCUT2D eigenvalue weighted by atomic mass is 79.9. The molecular formula is C19H14BrN2+. The molecule has 22 heavy (non-hydrogen) atoms. The topological polar surface area (TPSA) is 16.1 Å². The van der Waals surface area contributed by atoms with Gasteiger partial charge in [-0.05, 0) is 53.9 Å². The number of halogens is 1. The van der Waals surface area contributed by atoms with Gasteiger partial charge in [-0.15, -0.1) is 0 Å². The van der Waals surface area contributed by atoms with Crippen LogP contribution in [0.2, 0.25) is 0 Å². The summed E-state index contributed by atoms with van der Waals surface area (Å²) < 4.78 is 3.23. The van der Waals surface area contributed by atoms with Gasteiger partial charge in [0.1, 0.15) is 0 Å². The second-order valence-electron chi connectivity index (χ2n) is 5.28. The molecule has 0 fully saturated rings. The number of hydrogen-bond donors (Lipinski definition) is 1. The minimum atomic E-state index is 1.08. The van der Waals surface area contributed by atoms with Crippen LogP contribution in [0.3, 0.4) is 0 Å². The van der Waals surface area contributed by atoms with Crippen LogP contribution in [0.25, 0.3) is 16.3 Å². The van der Waals surface area contributed by atoms with Crippen LogP contribution in [0.1, 0.15) is 0 Å². The second-order valence-corrected chi connectivity index (χ2v) is 6.20. The molecule has 0 saturated heterocycles. The van der Waals surface area contributed by atoms with Crippen molar-refractivity contribution in [3.8, 4) is 0 Å². The van der Waals surface area contributed by atoms with Crippen molar-refractivity contribution in [2.75, 3.05) is 5.32 Å². The summed E-state index contributed by atoms with van der Waals surface area (Å²) in [5.74, 6) is 0. The molecular weight excluding hydrogens is 336 g/mol. The number of hydrogen-bond acceptors (Lipinski definition) is 1. The van der Waals surface area contributed by atoms with Crippen molar-refractivity contribution in [2.45, 2.75) is 0 Å². The van der Waals surface area contributed by atoms with E-state index in [1.807, 2.05) is 18.2 Å². The fraction of sp³-hybridized carbons (Fsp3) is 0. The van der Waals surface area contributed by atoms with Crippen LogP contribution >= 0.6 is 15.9 Å². The summed E-state index contributed by atoms with van der Waals surface area (Å²) >= 11 is 3.46. The predicted molar refractivity (Wildman–Crippen MR) is 94.5 cm³/mol. The first-order valence-corrected chi connectivity index (χ1v) is 7.94. The van der Waals surface area contributed by atoms with E-state index >= 15 is 0 Å². The zero-order valence-corrected chi connectivity index (χ0v) is 13.4. The van der Waals surface area contributed by atoms with Crippen LogP contribution in [0, 0.1) is 0 Å². The van der Waals surface area contributed by atoms with E-state index in [2.05, 4.69) is 86.6 Å². The van der Waals surface area contributed by atoms with Crippen molar-refractivity contribution in [3.05, 3.63) is 83.6 Å². The predicted octanol–water partition coefficient (Wildman–Crippen LogP) is 5.08. The molecule has 0 bridgehead atoms. The number of aromatic nitrogens is 1. The van der Waals surface area contributed by atoms with Crippen molar-refractivity contribution in [1.82, 2.24) is 0 Å². The summed E-state index contributed by atoms with van der Waals surface area (Å²) in [6, 6.07) is 23.1. The van der Waals surface area contributed by atoms with Gasteiger partial charge < -0.3 is 5.32 Å². The maximum Gasteiger partial charge on any atom is 0.211 e. The van der Waals surface area contributed by atoms with E-state index in [9.17, 15) is 0 Å². The molecule has 0 radical (unpaired) electrons. The molecule has 0 aliphatic heterocycles. The van der Waals surface area contributed by atoms with E-state index < -0.39 is 0 Å². The highest BCUT2D eigenvalue weighted by Gasteiger charge is 2.05. The number of fused-ring (bicyclic) bond motifs is 2. The first-order valence-electron chi connectivity index (χ1n) is 7.14. The van der Waals surface area contributed by atoms with Crippen molar-refractivity contribution >= 4 is 43.6 Å². The summed E-state index contributed by atoms with van der Waals surface area (Å²) in [6.07, 6.45) is 4.23. The number of nitrogens with zero attached hydrogens (tertiary/aromatic N) is 1. The van der Waals surface area contributed by atoms with Gasteiger partial charge >= 0.3 is 0 Å².